The lowest BCUT2D eigenvalue weighted by molar-refractivity contribution is 0.0991. The highest BCUT2D eigenvalue weighted by atomic mass is 19.1. The molecule has 1 rings (SSSR count). The van der Waals surface area contributed by atoms with Crippen molar-refractivity contribution in [1.29, 1.82) is 0 Å². The smallest absolute Gasteiger partial charge is 0.177 e. The molecule has 0 spiro atoms. The lowest BCUT2D eigenvalue weighted by Crippen LogP contribution is -2.20. The van der Waals surface area contributed by atoms with Gasteiger partial charge in [0.15, 0.2) is 5.78 Å². The highest BCUT2D eigenvalue weighted by Crippen LogP contribution is 2.15. The Morgan fingerprint density at radius 2 is 2.21 bits per heavy atom. The first kappa shape index (κ1) is 10.8. The molecule has 14 heavy (non-hydrogen) atoms. The first-order chi connectivity index (χ1) is 6.70. The Morgan fingerprint density at radius 1 is 1.50 bits per heavy atom. The summed E-state index contributed by atoms with van der Waals surface area (Å²) >= 11 is 0. The van der Waals surface area contributed by atoms with Crippen molar-refractivity contribution < 1.29 is 13.6 Å². The van der Waals surface area contributed by atoms with Crippen molar-refractivity contribution in [3.8, 4) is 0 Å². The second-order valence-electron chi connectivity index (χ2n) is 2.85. The van der Waals surface area contributed by atoms with Crippen LogP contribution in [0.1, 0.15) is 15.9 Å². The summed E-state index contributed by atoms with van der Waals surface area (Å²) in [6.07, 6.45) is 0. The summed E-state index contributed by atoms with van der Waals surface area (Å²) < 4.78 is 25.5. The maximum absolute atomic E-state index is 13.0. The number of rotatable bonds is 4. The van der Waals surface area contributed by atoms with E-state index >= 15 is 0 Å². The standard InChI is InChI=1S/C10H11F2NO/c1-13-6-10(14)7-3-2-4-9(12)8(7)5-11/h2-4,13H,5-6H2,1H3. The number of carbonyl (C=O) groups excluding carboxylic acids is 1. The summed E-state index contributed by atoms with van der Waals surface area (Å²) in [6.45, 7) is -0.881. The fraction of sp³-hybridized carbons (Fsp3) is 0.300. The number of ketones is 1. The highest BCUT2D eigenvalue weighted by molar-refractivity contribution is 5.98. The largest absolute Gasteiger partial charge is 0.313 e. The van der Waals surface area contributed by atoms with Gasteiger partial charge in [0.1, 0.15) is 12.5 Å². The molecule has 1 aromatic carbocycles. The molecule has 1 aromatic rings. The van der Waals surface area contributed by atoms with E-state index in [0.29, 0.717) is 0 Å². The van der Waals surface area contributed by atoms with E-state index in [1.807, 2.05) is 0 Å². The molecule has 0 aromatic heterocycles. The van der Waals surface area contributed by atoms with Gasteiger partial charge >= 0.3 is 0 Å². The topological polar surface area (TPSA) is 29.1 Å². The zero-order valence-corrected chi connectivity index (χ0v) is 7.81. The van der Waals surface area contributed by atoms with Crippen molar-refractivity contribution in [2.45, 2.75) is 6.67 Å². The Labute approximate surface area is 80.9 Å². The third kappa shape index (κ3) is 2.14. The number of nitrogens with one attached hydrogen (secondary N) is 1. The van der Waals surface area contributed by atoms with Gasteiger partial charge in [0.25, 0.3) is 0 Å². The zero-order valence-electron chi connectivity index (χ0n) is 7.81. The molecule has 0 fully saturated rings. The third-order valence-corrected chi connectivity index (χ3v) is 1.89. The van der Waals surface area contributed by atoms with Crippen LogP contribution in [0.2, 0.25) is 0 Å². The monoisotopic (exact) mass is 199 g/mol. The molecule has 0 aliphatic heterocycles. The van der Waals surface area contributed by atoms with E-state index in [1.54, 1.807) is 7.05 Å². The molecule has 0 aliphatic rings. The van der Waals surface area contributed by atoms with Crippen molar-refractivity contribution in [3.05, 3.63) is 35.1 Å². The third-order valence-electron chi connectivity index (χ3n) is 1.89. The van der Waals surface area contributed by atoms with Gasteiger partial charge in [-0.05, 0) is 13.1 Å². The summed E-state index contributed by atoms with van der Waals surface area (Å²) in [5.74, 6) is -0.978. The first-order valence-electron chi connectivity index (χ1n) is 4.22. The average molecular weight is 199 g/mol. The van der Waals surface area contributed by atoms with Gasteiger partial charge in [-0.2, -0.15) is 0 Å². The van der Waals surface area contributed by atoms with Crippen molar-refractivity contribution in [2.75, 3.05) is 13.6 Å². The maximum atomic E-state index is 13.0. The van der Waals surface area contributed by atoms with E-state index in [0.717, 1.165) is 6.07 Å². The molecule has 0 saturated carbocycles. The van der Waals surface area contributed by atoms with Crippen LogP contribution in [0.4, 0.5) is 8.78 Å². The summed E-state index contributed by atoms with van der Waals surface area (Å²) in [5, 5.41) is 2.64. The molecule has 0 bridgehead atoms. The summed E-state index contributed by atoms with van der Waals surface area (Å²) in [5.41, 5.74) is -0.0467. The number of carbonyl (C=O) groups is 1. The van der Waals surface area contributed by atoms with Crippen LogP contribution in [-0.2, 0) is 6.67 Å². The van der Waals surface area contributed by atoms with E-state index in [-0.39, 0.29) is 23.5 Å². The van der Waals surface area contributed by atoms with E-state index < -0.39 is 12.5 Å². The van der Waals surface area contributed by atoms with Crippen LogP contribution in [-0.4, -0.2) is 19.4 Å². The summed E-state index contributed by atoms with van der Waals surface area (Å²) in [4.78, 5) is 11.4. The molecule has 0 unspecified atom stereocenters. The van der Waals surface area contributed by atoms with Crippen LogP contribution in [0.15, 0.2) is 18.2 Å². The maximum Gasteiger partial charge on any atom is 0.177 e. The van der Waals surface area contributed by atoms with Gasteiger partial charge in [0, 0.05) is 11.1 Å². The van der Waals surface area contributed by atoms with Crippen molar-refractivity contribution >= 4 is 5.78 Å². The predicted octanol–water partition coefficient (Wildman–Crippen LogP) is 1.70. The zero-order chi connectivity index (χ0) is 10.6. The average Bonchev–Trinajstić information content (AvgIpc) is 2.17. The van der Waals surface area contributed by atoms with Crippen molar-refractivity contribution in [1.82, 2.24) is 5.32 Å². The molecule has 4 heteroatoms. The normalized spacial score (nSPS) is 10.2. The minimum atomic E-state index is -0.961. The predicted molar refractivity (Wildman–Crippen MR) is 49.5 cm³/mol. The van der Waals surface area contributed by atoms with Gasteiger partial charge in [-0.1, -0.05) is 12.1 Å². The molecule has 1 N–H and O–H groups in total. The van der Waals surface area contributed by atoms with Crippen molar-refractivity contribution in [3.63, 3.8) is 0 Å². The number of Topliss-reactive ketones (excluding diaryl/α,β-unsaturated/α-hetero) is 1. The number of halogens is 2. The molecule has 0 amide bonds. The second kappa shape index (κ2) is 4.81. The molecule has 0 saturated heterocycles. The summed E-state index contributed by atoms with van der Waals surface area (Å²) in [6, 6.07) is 3.97. The molecule has 2 nitrogen and oxygen atoms in total. The van der Waals surface area contributed by atoms with E-state index in [4.69, 9.17) is 0 Å². The van der Waals surface area contributed by atoms with Crippen LogP contribution in [0.3, 0.4) is 0 Å². The lowest BCUT2D eigenvalue weighted by atomic mass is 10.0. The van der Waals surface area contributed by atoms with Gasteiger partial charge in [-0.3, -0.25) is 4.79 Å². The molecule has 0 atom stereocenters. The van der Waals surface area contributed by atoms with Gasteiger partial charge in [0.05, 0.1) is 6.54 Å². The number of hydrogen-bond acceptors (Lipinski definition) is 2. The Balaban J connectivity index is 3.07. The molecule has 0 heterocycles. The Kier molecular flexibility index (Phi) is 3.71. The highest BCUT2D eigenvalue weighted by Gasteiger charge is 2.13. The Morgan fingerprint density at radius 3 is 2.79 bits per heavy atom. The minimum absolute atomic E-state index is 0.0798. The molecular formula is C10H11F2NO. The van der Waals surface area contributed by atoms with Crippen molar-refractivity contribution in [2.24, 2.45) is 0 Å². The van der Waals surface area contributed by atoms with Gasteiger partial charge in [-0.25, -0.2) is 8.78 Å². The van der Waals surface area contributed by atoms with Gasteiger partial charge < -0.3 is 5.32 Å². The van der Waals surface area contributed by atoms with Crippen LogP contribution in [0.25, 0.3) is 0 Å². The summed E-state index contributed by atoms with van der Waals surface area (Å²) in [7, 11) is 1.60. The number of hydrogen-bond donors (Lipinski definition) is 1. The molecule has 0 radical (unpaired) electrons. The van der Waals surface area contributed by atoms with Crippen LogP contribution < -0.4 is 5.32 Å². The van der Waals surface area contributed by atoms with E-state index in [2.05, 4.69) is 5.32 Å². The van der Waals surface area contributed by atoms with Gasteiger partial charge in [-0.15, -0.1) is 0 Å². The fourth-order valence-electron chi connectivity index (χ4n) is 1.21. The number of likely N-dealkylation sites (N-methyl/N-ethyl adjacent to an activating group) is 1. The molecule has 0 aliphatic carbocycles. The lowest BCUT2D eigenvalue weighted by Gasteiger charge is -2.05. The second-order valence-corrected chi connectivity index (χ2v) is 2.85. The van der Waals surface area contributed by atoms with Gasteiger partial charge in [0.2, 0.25) is 0 Å². The van der Waals surface area contributed by atoms with Crippen LogP contribution in [0.5, 0.6) is 0 Å². The number of benzene rings is 1. The van der Waals surface area contributed by atoms with E-state index in [1.165, 1.54) is 12.1 Å². The number of alkyl halides is 1. The fourth-order valence-corrected chi connectivity index (χ4v) is 1.21. The van der Waals surface area contributed by atoms with E-state index in [9.17, 15) is 13.6 Å². The minimum Gasteiger partial charge on any atom is -0.313 e. The Bertz CT molecular complexity index is 339. The molecule has 76 valence electrons. The SMILES string of the molecule is CNCC(=O)c1cccc(F)c1CF. The van der Waals surface area contributed by atoms with Crippen LogP contribution >= 0.6 is 0 Å². The quantitative estimate of drug-likeness (QED) is 0.748. The first-order valence-corrected chi connectivity index (χ1v) is 4.22. The molecular weight excluding hydrogens is 188 g/mol. The van der Waals surface area contributed by atoms with Crippen LogP contribution in [0, 0.1) is 5.82 Å². The Hall–Kier alpha value is -1.29.